The van der Waals surface area contributed by atoms with E-state index in [1.807, 2.05) is 0 Å². The summed E-state index contributed by atoms with van der Waals surface area (Å²) < 4.78 is 6.25. The number of nitrogens with one attached hydrogen (secondary N) is 1. The molecule has 0 amide bonds. The lowest BCUT2D eigenvalue weighted by atomic mass is 10.1. The van der Waals surface area contributed by atoms with Gasteiger partial charge < -0.3 is 19.4 Å². The molecule has 2 heterocycles. The summed E-state index contributed by atoms with van der Waals surface area (Å²) in [6, 6.07) is 8.05. The number of aromatic amines is 1. The maximum Gasteiger partial charge on any atom is 0.354 e. The predicted octanol–water partition coefficient (Wildman–Crippen LogP) is 2.25. The van der Waals surface area contributed by atoms with Crippen molar-refractivity contribution in [2.75, 3.05) is 7.11 Å². The summed E-state index contributed by atoms with van der Waals surface area (Å²) in [4.78, 5) is 38.5. The molecule has 3 aromatic rings. The number of aromatic nitrogens is 2. The zero-order chi connectivity index (χ0) is 18.8. The van der Waals surface area contributed by atoms with E-state index in [0.717, 1.165) is 0 Å². The second-order valence-corrected chi connectivity index (χ2v) is 5.68. The van der Waals surface area contributed by atoms with Gasteiger partial charge in [-0.25, -0.2) is 4.79 Å². The van der Waals surface area contributed by atoms with Crippen LogP contribution in [0.3, 0.4) is 0 Å². The summed E-state index contributed by atoms with van der Waals surface area (Å²) in [7, 11) is 2.96. The van der Waals surface area contributed by atoms with Gasteiger partial charge in [-0.2, -0.15) is 0 Å². The van der Waals surface area contributed by atoms with E-state index in [0.29, 0.717) is 22.0 Å². The molecular weight excluding hydrogens is 336 g/mol. The minimum Gasteiger partial charge on any atom is -0.505 e. The van der Waals surface area contributed by atoms with Crippen LogP contribution in [0.5, 0.6) is 5.75 Å². The number of allylic oxidation sites excluding steroid dienone is 1. The molecular formula is C19H16N2O5. The van der Waals surface area contributed by atoms with Gasteiger partial charge in [0.1, 0.15) is 11.4 Å². The number of carbonyl (C=O) groups is 2. The van der Waals surface area contributed by atoms with Gasteiger partial charge in [0.15, 0.2) is 5.75 Å². The SMILES string of the molecule is COC(=O)c1cc(/C=C/C(=O)c2[nH]c(=O)c3ccccc3c2O)cn1C. The van der Waals surface area contributed by atoms with E-state index in [4.69, 9.17) is 0 Å². The number of methoxy groups -OCH3 is 1. The average Bonchev–Trinajstić information content (AvgIpc) is 3.02. The molecule has 0 spiro atoms. The third kappa shape index (κ3) is 3.02. The highest BCUT2D eigenvalue weighted by Gasteiger charge is 2.15. The number of pyridine rings is 1. The number of ketones is 1. The number of esters is 1. The van der Waals surface area contributed by atoms with Gasteiger partial charge in [0.05, 0.1) is 12.5 Å². The third-order valence-corrected chi connectivity index (χ3v) is 4.00. The standard InChI is InChI=1S/C19H16N2O5/c1-21-10-11(9-14(21)19(25)26-2)7-8-15(22)16-17(23)12-5-3-4-6-13(12)18(24)20-16/h3-10,23H,1-2H3,(H,20,24)/b8-7+. The average molecular weight is 352 g/mol. The Morgan fingerprint density at radius 1 is 1.23 bits per heavy atom. The first-order valence-electron chi connectivity index (χ1n) is 7.73. The quantitative estimate of drug-likeness (QED) is 0.426. The number of nitrogens with zero attached hydrogens (tertiary/aromatic N) is 1. The lowest BCUT2D eigenvalue weighted by Gasteiger charge is -2.04. The lowest BCUT2D eigenvalue weighted by molar-refractivity contribution is 0.0590. The normalized spacial score (nSPS) is 11.2. The molecule has 1 aromatic carbocycles. The van der Waals surface area contributed by atoms with Crippen molar-refractivity contribution in [1.29, 1.82) is 0 Å². The largest absolute Gasteiger partial charge is 0.505 e. The highest BCUT2D eigenvalue weighted by atomic mass is 16.5. The number of H-pyrrole nitrogens is 1. The van der Waals surface area contributed by atoms with Crippen molar-refractivity contribution in [3.8, 4) is 5.75 Å². The smallest absolute Gasteiger partial charge is 0.354 e. The van der Waals surface area contributed by atoms with Gasteiger partial charge in [-0.1, -0.05) is 18.2 Å². The van der Waals surface area contributed by atoms with Crippen LogP contribution in [-0.2, 0) is 11.8 Å². The number of aryl methyl sites for hydroxylation is 1. The van der Waals surface area contributed by atoms with Gasteiger partial charge in [-0.3, -0.25) is 9.59 Å². The fourth-order valence-corrected chi connectivity index (χ4v) is 2.68. The van der Waals surface area contributed by atoms with Gasteiger partial charge in [0.25, 0.3) is 5.56 Å². The summed E-state index contributed by atoms with van der Waals surface area (Å²) in [5.74, 6) is -1.33. The van der Waals surface area contributed by atoms with Gasteiger partial charge in [0, 0.05) is 18.6 Å². The van der Waals surface area contributed by atoms with E-state index in [9.17, 15) is 19.5 Å². The second kappa shape index (κ2) is 6.72. The first-order valence-corrected chi connectivity index (χ1v) is 7.73. The highest BCUT2D eigenvalue weighted by Crippen LogP contribution is 2.25. The minimum atomic E-state index is -0.561. The zero-order valence-corrected chi connectivity index (χ0v) is 14.1. The number of benzene rings is 1. The van der Waals surface area contributed by atoms with Crippen LogP contribution >= 0.6 is 0 Å². The van der Waals surface area contributed by atoms with E-state index in [1.54, 1.807) is 48.1 Å². The first-order chi connectivity index (χ1) is 12.4. The molecule has 0 unspecified atom stereocenters. The Labute approximate surface area is 148 Å². The molecule has 2 aromatic heterocycles. The number of hydrogen-bond donors (Lipinski definition) is 2. The number of ether oxygens (including phenoxy) is 1. The monoisotopic (exact) mass is 352 g/mol. The van der Waals surface area contributed by atoms with E-state index < -0.39 is 17.3 Å². The number of hydrogen-bond acceptors (Lipinski definition) is 5. The fourth-order valence-electron chi connectivity index (χ4n) is 2.68. The van der Waals surface area contributed by atoms with Crippen LogP contribution in [-0.4, -0.2) is 33.5 Å². The Balaban J connectivity index is 1.95. The van der Waals surface area contributed by atoms with E-state index >= 15 is 0 Å². The van der Waals surface area contributed by atoms with Crippen molar-refractivity contribution in [2.24, 2.45) is 7.05 Å². The summed E-state index contributed by atoms with van der Waals surface area (Å²) >= 11 is 0. The molecule has 132 valence electrons. The maximum absolute atomic E-state index is 12.4. The number of fused-ring (bicyclic) bond motifs is 1. The van der Waals surface area contributed by atoms with Crippen LogP contribution in [0.2, 0.25) is 0 Å². The Morgan fingerprint density at radius 3 is 2.62 bits per heavy atom. The van der Waals surface area contributed by atoms with E-state index in [-0.39, 0.29) is 11.4 Å². The summed E-state index contributed by atoms with van der Waals surface area (Å²) in [5, 5.41) is 10.9. The van der Waals surface area contributed by atoms with Crippen LogP contribution in [0.4, 0.5) is 0 Å². The molecule has 7 nitrogen and oxygen atoms in total. The highest BCUT2D eigenvalue weighted by molar-refractivity contribution is 6.10. The van der Waals surface area contributed by atoms with Crippen LogP contribution < -0.4 is 5.56 Å². The number of rotatable bonds is 4. The second-order valence-electron chi connectivity index (χ2n) is 5.68. The van der Waals surface area contributed by atoms with Crippen LogP contribution in [0.25, 0.3) is 16.8 Å². The summed E-state index contributed by atoms with van der Waals surface area (Å²) in [6.45, 7) is 0. The summed E-state index contributed by atoms with van der Waals surface area (Å²) in [6.07, 6.45) is 4.36. The predicted molar refractivity (Wildman–Crippen MR) is 96.4 cm³/mol. The number of aromatic hydroxyl groups is 1. The molecule has 0 bridgehead atoms. The molecule has 0 aliphatic rings. The van der Waals surface area contributed by atoms with Crippen molar-refractivity contribution >= 4 is 28.6 Å². The van der Waals surface area contributed by atoms with E-state index in [1.165, 1.54) is 19.3 Å². The Morgan fingerprint density at radius 2 is 1.92 bits per heavy atom. The molecule has 0 aliphatic heterocycles. The first kappa shape index (κ1) is 17.2. The van der Waals surface area contributed by atoms with Crippen molar-refractivity contribution in [3.05, 3.63) is 69.9 Å². The zero-order valence-electron chi connectivity index (χ0n) is 14.1. The molecule has 0 saturated heterocycles. The molecule has 26 heavy (non-hydrogen) atoms. The van der Waals surface area contributed by atoms with Crippen LogP contribution in [0.15, 0.2) is 47.4 Å². The number of carbonyl (C=O) groups excluding carboxylic acids is 2. The van der Waals surface area contributed by atoms with Crippen LogP contribution in [0, 0.1) is 0 Å². The van der Waals surface area contributed by atoms with Gasteiger partial charge in [-0.05, 0) is 29.8 Å². The third-order valence-electron chi connectivity index (χ3n) is 4.00. The van der Waals surface area contributed by atoms with Gasteiger partial charge in [0.2, 0.25) is 5.78 Å². The van der Waals surface area contributed by atoms with Crippen molar-refractivity contribution in [3.63, 3.8) is 0 Å². The fraction of sp³-hybridized carbons (Fsp3) is 0.105. The Hall–Kier alpha value is -3.61. The molecule has 3 rings (SSSR count). The molecule has 0 radical (unpaired) electrons. The molecule has 0 aliphatic carbocycles. The Bertz CT molecular complexity index is 1100. The summed E-state index contributed by atoms with van der Waals surface area (Å²) in [5.41, 5.74) is 0.294. The maximum atomic E-state index is 12.4. The topological polar surface area (TPSA) is 101 Å². The van der Waals surface area contributed by atoms with Crippen molar-refractivity contribution in [2.45, 2.75) is 0 Å². The Kier molecular flexibility index (Phi) is 4.45. The van der Waals surface area contributed by atoms with Gasteiger partial charge in [-0.15, -0.1) is 0 Å². The lowest BCUT2D eigenvalue weighted by Crippen LogP contribution is -2.12. The molecule has 7 heteroatoms. The molecule has 0 fully saturated rings. The van der Waals surface area contributed by atoms with Crippen molar-refractivity contribution < 1.29 is 19.4 Å². The molecule has 0 atom stereocenters. The molecule has 2 N–H and O–H groups in total. The molecule has 0 saturated carbocycles. The van der Waals surface area contributed by atoms with Crippen molar-refractivity contribution in [1.82, 2.24) is 9.55 Å². The minimum absolute atomic E-state index is 0.186. The van der Waals surface area contributed by atoms with Crippen LogP contribution in [0.1, 0.15) is 26.5 Å². The van der Waals surface area contributed by atoms with Gasteiger partial charge >= 0.3 is 5.97 Å². The van der Waals surface area contributed by atoms with E-state index in [2.05, 4.69) is 9.72 Å².